The van der Waals surface area contributed by atoms with Gasteiger partial charge < -0.3 is 5.73 Å². The number of rotatable bonds is 2. The van der Waals surface area contributed by atoms with E-state index in [1.165, 1.54) is 0 Å². The molecule has 2 aromatic rings. The van der Waals surface area contributed by atoms with Gasteiger partial charge in [-0.1, -0.05) is 0 Å². The summed E-state index contributed by atoms with van der Waals surface area (Å²) >= 11 is 0. The number of carbonyl (C=O) groups is 1. The second-order valence-corrected chi connectivity index (χ2v) is 7.50. The smallest absolute Gasteiger partial charge is 0.250 e. The number of H-pyrrole nitrogens is 1. The number of benzene rings is 1. The number of amides is 1. The minimum atomic E-state index is -2.89. The van der Waals surface area contributed by atoms with Crippen LogP contribution in [0.2, 0.25) is 0 Å². The fourth-order valence-electron chi connectivity index (χ4n) is 2.73. The molecule has 1 fully saturated rings. The van der Waals surface area contributed by atoms with Gasteiger partial charge in [0.05, 0.1) is 28.8 Å². The third-order valence-corrected chi connectivity index (χ3v) is 5.58. The molecule has 0 aliphatic carbocycles. The number of hydrogen-bond acceptors (Lipinski definition) is 4. The molecule has 0 bridgehead atoms. The van der Waals surface area contributed by atoms with E-state index >= 15 is 0 Å². The third kappa shape index (κ3) is 2.29. The van der Waals surface area contributed by atoms with Crippen LogP contribution in [0.15, 0.2) is 18.3 Å². The Morgan fingerprint density at radius 1 is 1.30 bits per heavy atom. The summed E-state index contributed by atoms with van der Waals surface area (Å²) in [5, 5.41) is 7.51. The number of carbonyl (C=O) groups excluding carboxylic acids is 1. The zero-order valence-corrected chi connectivity index (χ0v) is 11.6. The summed E-state index contributed by atoms with van der Waals surface area (Å²) in [4.78, 5) is 11.5. The number of aromatic amines is 1. The SMILES string of the molecule is NC(=O)c1cc(C2CCS(=O)(=O)CC2)cc2cn[nH]c12. The van der Waals surface area contributed by atoms with Crippen LogP contribution in [-0.4, -0.2) is 36.0 Å². The summed E-state index contributed by atoms with van der Waals surface area (Å²) in [6.45, 7) is 0. The van der Waals surface area contributed by atoms with E-state index in [0.29, 0.717) is 23.9 Å². The highest BCUT2D eigenvalue weighted by atomic mass is 32.2. The van der Waals surface area contributed by atoms with Crippen molar-refractivity contribution in [1.29, 1.82) is 0 Å². The number of aromatic nitrogens is 2. The van der Waals surface area contributed by atoms with Gasteiger partial charge in [0.1, 0.15) is 9.84 Å². The van der Waals surface area contributed by atoms with Crippen LogP contribution < -0.4 is 5.73 Å². The highest BCUT2D eigenvalue weighted by molar-refractivity contribution is 7.91. The Morgan fingerprint density at radius 3 is 2.65 bits per heavy atom. The van der Waals surface area contributed by atoms with Gasteiger partial charge in [-0.15, -0.1) is 0 Å². The minimum Gasteiger partial charge on any atom is -0.366 e. The van der Waals surface area contributed by atoms with E-state index in [-0.39, 0.29) is 17.4 Å². The maximum absolute atomic E-state index is 11.5. The first-order valence-corrected chi connectivity index (χ1v) is 8.26. The molecular weight excluding hydrogens is 278 g/mol. The topological polar surface area (TPSA) is 106 Å². The van der Waals surface area contributed by atoms with Gasteiger partial charge in [-0.2, -0.15) is 5.10 Å². The zero-order chi connectivity index (χ0) is 14.3. The van der Waals surface area contributed by atoms with Crippen molar-refractivity contribution in [3.63, 3.8) is 0 Å². The average molecular weight is 293 g/mol. The highest BCUT2D eigenvalue weighted by Gasteiger charge is 2.25. The Morgan fingerprint density at radius 2 is 2.00 bits per heavy atom. The summed E-state index contributed by atoms with van der Waals surface area (Å²) in [5.74, 6) is 0.0421. The lowest BCUT2D eigenvalue weighted by Crippen LogP contribution is -2.22. The van der Waals surface area contributed by atoms with E-state index < -0.39 is 15.7 Å². The van der Waals surface area contributed by atoms with Crippen LogP contribution in [-0.2, 0) is 9.84 Å². The molecule has 1 aromatic heterocycles. The summed E-state index contributed by atoms with van der Waals surface area (Å²) in [5.41, 5.74) is 7.39. The maximum Gasteiger partial charge on any atom is 0.250 e. The van der Waals surface area contributed by atoms with Gasteiger partial charge in [-0.3, -0.25) is 9.89 Å². The van der Waals surface area contributed by atoms with Crippen LogP contribution in [0.1, 0.15) is 34.7 Å². The van der Waals surface area contributed by atoms with Crippen molar-refractivity contribution < 1.29 is 13.2 Å². The number of primary amides is 1. The molecular formula is C13H15N3O3S. The van der Waals surface area contributed by atoms with Crippen LogP contribution in [0.3, 0.4) is 0 Å². The lowest BCUT2D eigenvalue weighted by atomic mass is 9.91. The van der Waals surface area contributed by atoms with E-state index in [9.17, 15) is 13.2 Å². The molecule has 0 saturated carbocycles. The van der Waals surface area contributed by atoms with Crippen molar-refractivity contribution in [3.05, 3.63) is 29.5 Å². The predicted molar refractivity (Wildman–Crippen MR) is 75.2 cm³/mol. The molecule has 1 aliphatic heterocycles. The number of hydrogen-bond donors (Lipinski definition) is 2. The van der Waals surface area contributed by atoms with Gasteiger partial charge in [0.15, 0.2) is 0 Å². The molecule has 106 valence electrons. The fraction of sp³-hybridized carbons (Fsp3) is 0.385. The predicted octanol–water partition coefficient (Wildman–Crippen LogP) is 0.954. The molecule has 0 atom stereocenters. The summed E-state index contributed by atoms with van der Waals surface area (Å²) in [7, 11) is -2.89. The molecule has 2 heterocycles. The van der Waals surface area contributed by atoms with Crippen LogP contribution >= 0.6 is 0 Å². The number of nitrogens with one attached hydrogen (secondary N) is 1. The second kappa shape index (κ2) is 4.59. The molecule has 1 amide bonds. The molecule has 0 spiro atoms. The summed E-state index contributed by atoms with van der Waals surface area (Å²) in [6.07, 6.45) is 2.82. The Hall–Kier alpha value is -1.89. The van der Waals surface area contributed by atoms with E-state index in [4.69, 9.17) is 5.73 Å². The van der Waals surface area contributed by atoms with Crippen molar-refractivity contribution in [1.82, 2.24) is 10.2 Å². The van der Waals surface area contributed by atoms with Crippen LogP contribution in [0.25, 0.3) is 10.9 Å². The number of sulfone groups is 1. The van der Waals surface area contributed by atoms with Crippen molar-refractivity contribution in [3.8, 4) is 0 Å². The first kappa shape index (κ1) is 13.1. The third-order valence-electron chi connectivity index (χ3n) is 3.86. The van der Waals surface area contributed by atoms with Gasteiger partial charge >= 0.3 is 0 Å². The van der Waals surface area contributed by atoms with E-state index in [0.717, 1.165) is 10.9 Å². The lowest BCUT2D eigenvalue weighted by molar-refractivity contribution is 0.100. The zero-order valence-electron chi connectivity index (χ0n) is 10.8. The monoisotopic (exact) mass is 293 g/mol. The first-order valence-electron chi connectivity index (χ1n) is 6.43. The van der Waals surface area contributed by atoms with E-state index in [2.05, 4.69) is 10.2 Å². The fourth-order valence-corrected chi connectivity index (χ4v) is 4.23. The van der Waals surface area contributed by atoms with E-state index in [1.807, 2.05) is 6.07 Å². The highest BCUT2D eigenvalue weighted by Crippen LogP contribution is 2.32. The Bertz CT molecular complexity index is 765. The molecule has 3 rings (SSSR count). The number of fused-ring (bicyclic) bond motifs is 1. The molecule has 1 aliphatic rings. The van der Waals surface area contributed by atoms with Gasteiger partial charge in [-0.25, -0.2) is 8.42 Å². The quantitative estimate of drug-likeness (QED) is 0.859. The Kier molecular flexibility index (Phi) is 3.01. The van der Waals surface area contributed by atoms with Gasteiger partial charge in [0.25, 0.3) is 5.91 Å². The largest absolute Gasteiger partial charge is 0.366 e. The summed E-state index contributed by atoms with van der Waals surface area (Å²) < 4.78 is 23.0. The molecule has 1 saturated heterocycles. The van der Waals surface area contributed by atoms with E-state index in [1.54, 1.807) is 12.3 Å². The second-order valence-electron chi connectivity index (χ2n) is 5.19. The molecule has 3 N–H and O–H groups in total. The first-order chi connectivity index (χ1) is 9.46. The molecule has 6 nitrogen and oxygen atoms in total. The lowest BCUT2D eigenvalue weighted by Gasteiger charge is -2.22. The van der Waals surface area contributed by atoms with Gasteiger partial charge in [0, 0.05) is 5.39 Å². The summed E-state index contributed by atoms with van der Waals surface area (Å²) in [6, 6.07) is 3.71. The molecule has 20 heavy (non-hydrogen) atoms. The maximum atomic E-state index is 11.5. The molecule has 1 aromatic carbocycles. The van der Waals surface area contributed by atoms with Crippen molar-refractivity contribution in [2.45, 2.75) is 18.8 Å². The number of nitrogens with zero attached hydrogens (tertiary/aromatic N) is 1. The molecule has 0 radical (unpaired) electrons. The van der Waals surface area contributed by atoms with Crippen LogP contribution in [0.5, 0.6) is 0 Å². The normalized spacial score (nSPS) is 19.2. The van der Waals surface area contributed by atoms with Crippen LogP contribution in [0.4, 0.5) is 0 Å². The van der Waals surface area contributed by atoms with Gasteiger partial charge in [-0.05, 0) is 36.5 Å². The average Bonchev–Trinajstić information content (AvgIpc) is 2.85. The Labute approximate surface area is 116 Å². The molecule has 0 unspecified atom stereocenters. The van der Waals surface area contributed by atoms with Crippen LogP contribution in [0, 0.1) is 0 Å². The Balaban J connectivity index is 2.02. The minimum absolute atomic E-state index is 0.149. The van der Waals surface area contributed by atoms with Gasteiger partial charge in [0.2, 0.25) is 0 Å². The number of nitrogens with two attached hydrogens (primary N) is 1. The van der Waals surface area contributed by atoms with Crippen molar-refractivity contribution in [2.24, 2.45) is 5.73 Å². The standard InChI is InChI=1S/C13H15N3O3S/c14-13(17)11-6-9(5-10-7-15-16-12(10)11)8-1-3-20(18,19)4-2-8/h5-8H,1-4H2,(H2,14,17)(H,15,16). The molecule has 7 heteroatoms. The van der Waals surface area contributed by atoms with Crippen molar-refractivity contribution in [2.75, 3.05) is 11.5 Å². The van der Waals surface area contributed by atoms with Crippen molar-refractivity contribution >= 4 is 26.6 Å².